The van der Waals surface area contributed by atoms with Crippen LogP contribution in [0.25, 0.3) is 6.08 Å². The summed E-state index contributed by atoms with van der Waals surface area (Å²) in [5.74, 6) is 2.90. The van der Waals surface area contributed by atoms with Gasteiger partial charge in [0.15, 0.2) is 0 Å². The van der Waals surface area contributed by atoms with Crippen LogP contribution in [0.15, 0.2) is 72.8 Å². The molecule has 0 saturated heterocycles. The molecule has 13 nitrogen and oxygen atoms in total. The minimum Gasteiger partial charge on any atom is -0.494 e. The van der Waals surface area contributed by atoms with E-state index in [1.165, 1.54) is 56.6 Å². The summed E-state index contributed by atoms with van der Waals surface area (Å²) in [6, 6.07) is 19.3. The van der Waals surface area contributed by atoms with Crippen LogP contribution >= 0.6 is 0 Å². The average Bonchev–Trinajstić information content (AvgIpc) is 3.58. The first-order valence-corrected chi connectivity index (χ1v) is 24.3. The van der Waals surface area contributed by atoms with Gasteiger partial charge in [0.05, 0.1) is 25.9 Å². The SMILES string of the molecule is C.C.C.C.C.C.C.CC.CC.CC(=O)O.CCC1C(C)CC(C)C1C.CCOC(=O)/C=C/c1ccc(C(=O)Oc2ccc(OCCCCC(F)(F)F)cc2)cc1.CNC(C)=O.CNC(C)=O.COC=O.Cc1cc(C)cc(C)c1.[Y].[Y]. The quantitative estimate of drug-likeness (QED) is 0.0516. The molecule has 3 N–H and O–H groups in total. The summed E-state index contributed by atoms with van der Waals surface area (Å²) in [6.45, 7) is 30.5. The number of carboxylic acids is 1. The maximum atomic E-state index is 12.2. The van der Waals surface area contributed by atoms with Crippen molar-refractivity contribution in [1.29, 1.82) is 0 Å². The van der Waals surface area contributed by atoms with E-state index in [1.54, 1.807) is 75.6 Å². The number of rotatable bonds is 12. The van der Waals surface area contributed by atoms with Crippen LogP contribution in [0.1, 0.15) is 200 Å². The Bertz CT molecular complexity index is 1850. The second-order valence-corrected chi connectivity index (χ2v) is 15.7. The molecule has 0 spiro atoms. The topological polar surface area (TPSA) is 184 Å². The molecule has 3 aromatic carbocycles. The molecule has 1 aliphatic carbocycles. The molecule has 1 saturated carbocycles. The van der Waals surface area contributed by atoms with Crippen molar-refractivity contribution < 1.29 is 131 Å². The number of aliphatic carboxylic acids is 1. The van der Waals surface area contributed by atoms with Crippen molar-refractivity contribution >= 4 is 42.3 Å². The minimum atomic E-state index is -4.15. The Hall–Kier alpha value is -3.98. The molecule has 4 unspecified atom stereocenters. The molecule has 1 fully saturated rings. The second kappa shape index (κ2) is 72.1. The van der Waals surface area contributed by atoms with Crippen molar-refractivity contribution in [2.45, 2.75) is 194 Å². The predicted octanol–water partition coefficient (Wildman–Crippen LogP) is 17.4. The van der Waals surface area contributed by atoms with Gasteiger partial charge in [0.2, 0.25) is 11.8 Å². The van der Waals surface area contributed by atoms with Gasteiger partial charge in [-0.15, -0.1) is 0 Å². The summed E-state index contributed by atoms with van der Waals surface area (Å²) in [5, 5.41) is 12.2. The van der Waals surface area contributed by atoms with Crippen molar-refractivity contribution in [3.8, 4) is 11.5 Å². The first-order valence-electron chi connectivity index (χ1n) is 24.3. The number of methoxy groups -OCH3 is 1. The normalized spacial score (nSPS) is 12.9. The summed E-state index contributed by atoms with van der Waals surface area (Å²) in [7, 11) is 4.51. The van der Waals surface area contributed by atoms with Crippen molar-refractivity contribution in [3.63, 3.8) is 0 Å². The molecule has 2 amide bonds. The largest absolute Gasteiger partial charge is 0.494 e. The van der Waals surface area contributed by atoms with Gasteiger partial charge in [0.25, 0.3) is 12.4 Å². The van der Waals surface area contributed by atoms with Crippen molar-refractivity contribution in [2.75, 3.05) is 34.4 Å². The van der Waals surface area contributed by atoms with E-state index in [-0.39, 0.29) is 142 Å². The number of amides is 2. The zero-order valence-electron chi connectivity index (χ0n) is 47.7. The van der Waals surface area contributed by atoms with E-state index >= 15 is 0 Å². The standard InChI is InChI=1S/C23H23F3O5.C10H20.C9H12.2C3H7NO.2C2H4O2.2C2H6.7CH4.2Y/c1-2-29-21(27)14-7-17-5-8-18(9-6-17)22(28)31-20-12-10-19(11-13-20)30-16-4-3-15-23(24,25)26;1-5-10-8(3)6-7(2)9(10)4;1-7-4-8(2)6-9(3)5-7;2*1-3(5)4-2;1-4-2-3;1-2(3)4;2*1-2;;;;;;;;;/h5-14H,2-4,15-16H2,1H3;7-10H,5-6H2,1-4H3;4-6H,1-3H3;2*1-2H3,(H,4,5);2H,1H3;1H3,(H,3,4);2*1-2H3;7*1H4;;/b14-7+;;;;;;;;;;;;;;;;;. The zero-order valence-corrected chi connectivity index (χ0v) is 53.3. The van der Waals surface area contributed by atoms with Gasteiger partial charge in [-0.25, -0.2) is 9.59 Å². The number of carbonyl (C=O) groups is 6. The molecule has 4 rings (SSSR count). The number of carbonyl (C=O) groups excluding carboxylic acids is 5. The Kier molecular flexibility index (Phi) is 99.8. The number of hydrogen-bond acceptors (Lipinski definition) is 10. The number of ether oxygens (including phenoxy) is 4. The monoisotopic (exact) mass is 1310 g/mol. The van der Waals surface area contributed by atoms with Crippen LogP contribution in [-0.2, 0) is 98.9 Å². The Morgan fingerprint density at radius 3 is 1.33 bits per heavy atom. The fourth-order valence-corrected chi connectivity index (χ4v) is 6.36. The van der Waals surface area contributed by atoms with Crippen molar-refractivity contribution in [2.24, 2.45) is 23.7 Å². The van der Waals surface area contributed by atoms with Gasteiger partial charge in [-0.3, -0.25) is 19.2 Å². The number of halogens is 3. The van der Waals surface area contributed by atoms with Crippen LogP contribution in [0.3, 0.4) is 0 Å². The van der Waals surface area contributed by atoms with Crippen LogP contribution in [-0.4, -0.2) is 81.9 Å². The summed E-state index contributed by atoms with van der Waals surface area (Å²) in [5.41, 5.74) is 5.12. The number of esters is 2. The van der Waals surface area contributed by atoms with Gasteiger partial charge in [0.1, 0.15) is 11.5 Å². The van der Waals surface area contributed by atoms with Gasteiger partial charge in [0, 0.05) is 113 Å². The summed E-state index contributed by atoms with van der Waals surface area (Å²) in [4.78, 5) is 60.9. The zero-order chi connectivity index (χ0) is 56.8. The molecule has 18 heteroatoms. The van der Waals surface area contributed by atoms with E-state index in [2.05, 4.69) is 82.0 Å². The molecular formula is C63H117F3N2O11Y2. The molecule has 0 heterocycles. The fourth-order valence-electron chi connectivity index (χ4n) is 6.36. The van der Waals surface area contributed by atoms with E-state index in [0.29, 0.717) is 36.6 Å². The minimum absolute atomic E-state index is 0. The number of benzene rings is 3. The number of unbranched alkanes of at least 4 members (excludes halogenated alkanes) is 1. The van der Waals surface area contributed by atoms with E-state index in [0.717, 1.165) is 36.2 Å². The molecule has 0 bridgehead atoms. The first-order chi connectivity index (χ1) is 33.8. The predicted molar refractivity (Wildman–Crippen MR) is 331 cm³/mol. The smallest absolute Gasteiger partial charge is 0.389 e. The molecule has 81 heavy (non-hydrogen) atoms. The van der Waals surface area contributed by atoms with E-state index in [9.17, 15) is 32.3 Å². The molecule has 2 radical (unpaired) electrons. The Morgan fingerprint density at radius 2 is 1.05 bits per heavy atom. The molecule has 0 aromatic heterocycles. The Balaban J connectivity index is -0.0000000622. The first kappa shape index (κ1) is 112. The fraction of sp³-hybridized carbons (Fsp3) is 0.587. The van der Waals surface area contributed by atoms with E-state index < -0.39 is 30.5 Å². The molecular weight excluding hydrogens is 1200 g/mol. The average molecular weight is 1310 g/mol. The molecule has 1 aliphatic rings. The maximum Gasteiger partial charge on any atom is 0.389 e. The van der Waals surface area contributed by atoms with Crippen LogP contribution in [0, 0.1) is 44.4 Å². The number of alkyl halides is 3. The van der Waals surface area contributed by atoms with Crippen LogP contribution < -0.4 is 20.1 Å². The Labute approximate surface area is 544 Å². The third kappa shape index (κ3) is 72.1. The van der Waals surface area contributed by atoms with Gasteiger partial charge >= 0.3 is 18.1 Å². The third-order valence-electron chi connectivity index (χ3n) is 9.69. The third-order valence-corrected chi connectivity index (χ3v) is 9.69. The van der Waals surface area contributed by atoms with Gasteiger partial charge < -0.3 is 34.7 Å². The van der Waals surface area contributed by atoms with Crippen molar-refractivity contribution in [1.82, 2.24) is 10.6 Å². The van der Waals surface area contributed by atoms with E-state index in [1.807, 2.05) is 27.7 Å². The van der Waals surface area contributed by atoms with E-state index in [4.69, 9.17) is 28.9 Å². The van der Waals surface area contributed by atoms with Crippen LogP contribution in [0.4, 0.5) is 13.2 Å². The number of nitrogens with one attached hydrogen (secondary N) is 2. The van der Waals surface area contributed by atoms with Crippen molar-refractivity contribution in [3.05, 3.63) is 101 Å². The molecule has 4 atom stereocenters. The number of aryl methyl sites for hydroxylation is 3. The van der Waals surface area contributed by atoms with Gasteiger partial charge in [-0.1, -0.05) is 161 Å². The van der Waals surface area contributed by atoms with Gasteiger partial charge in [-0.2, -0.15) is 13.2 Å². The number of carboxylic acid groups (broad SMARTS) is 1. The van der Waals surface area contributed by atoms with Gasteiger partial charge in [-0.05, 0) is 119 Å². The Morgan fingerprint density at radius 1 is 0.679 bits per heavy atom. The molecule has 3 aromatic rings. The maximum absolute atomic E-state index is 12.2. The van der Waals surface area contributed by atoms with Crippen LogP contribution in [0.5, 0.6) is 11.5 Å². The van der Waals surface area contributed by atoms with Crippen LogP contribution in [0.2, 0.25) is 0 Å². The number of hydrogen-bond donors (Lipinski definition) is 3. The summed E-state index contributed by atoms with van der Waals surface area (Å²) in [6.07, 6.45) is 1.05. The summed E-state index contributed by atoms with van der Waals surface area (Å²) >= 11 is 0. The molecule has 472 valence electrons. The second-order valence-electron chi connectivity index (χ2n) is 15.7. The summed E-state index contributed by atoms with van der Waals surface area (Å²) < 4.78 is 55.6. The molecule has 0 aliphatic heterocycles.